The summed E-state index contributed by atoms with van der Waals surface area (Å²) in [4.78, 5) is 12.0. The molecule has 1 aromatic heterocycles. The number of halogens is 2. The average molecular weight is 415 g/mol. The van der Waals surface area contributed by atoms with Crippen molar-refractivity contribution in [3.05, 3.63) is 92.7 Å². The highest BCUT2D eigenvalue weighted by Gasteiger charge is 2.12. The number of hydrogen-bond acceptors (Lipinski definition) is 3. The van der Waals surface area contributed by atoms with Gasteiger partial charge in [0.25, 0.3) is 0 Å². The smallest absolute Gasteiger partial charge is 0.331 e. The van der Waals surface area contributed by atoms with E-state index in [1.807, 2.05) is 62.4 Å². The highest BCUT2D eigenvalue weighted by molar-refractivity contribution is 6.31. The van der Waals surface area contributed by atoms with Crippen molar-refractivity contribution in [2.24, 2.45) is 0 Å². The molecule has 0 amide bonds. The topological polar surface area (TPSA) is 44.1 Å². The van der Waals surface area contributed by atoms with E-state index in [2.05, 4.69) is 5.10 Å². The normalized spacial score (nSPS) is 11.1. The summed E-state index contributed by atoms with van der Waals surface area (Å²) in [6.07, 6.45) is 3.01. The van der Waals surface area contributed by atoms with Crippen molar-refractivity contribution >= 4 is 35.2 Å². The third-order valence-corrected chi connectivity index (χ3v) is 4.86. The standard InChI is InChI=1S/C22H20Cl2N2O2/c1-15-4-3-5-18(12-15)14-28-21(27)11-10-20-16(2)25-26(22(20)24)13-17-6-8-19(23)9-7-17/h3-12H,13-14H2,1-2H3/b11-10+. The van der Waals surface area contributed by atoms with Crippen LogP contribution < -0.4 is 0 Å². The fourth-order valence-corrected chi connectivity index (χ4v) is 3.20. The molecule has 28 heavy (non-hydrogen) atoms. The van der Waals surface area contributed by atoms with Gasteiger partial charge in [0.1, 0.15) is 11.8 Å². The maximum atomic E-state index is 12.0. The fourth-order valence-electron chi connectivity index (χ4n) is 2.78. The van der Waals surface area contributed by atoms with Crippen LogP contribution >= 0.6 is 23.2 Å². The Morgan fingerprint density at radius 1 is 1.11 bits per heavy atom. The molecule has 144 valence electrons. The van der Waals surface area contributed by atoms with E-state index in [1.165, 1.54) is 6.08 Å². The average Bonchev–Trinajstić information content (AvgIpc) is 2.93. The number of benzene rings is 2. The molecule has 3 aromatic rings. The first kappa shape index (κ1) is 20.2. The van der Waals surface area contributed by atoms with Crippen LogP contribution in [-0.2, 0) is 22.7 Å². The van der Waals surface area contributed by atoms with Gasteiger partial charge in [-0.1, -0.05) is 65.2 Å². The van der Waals surface area contributed by atoms with Crippen molar-refractivity contribution in [3.8, 4) is 0 Å². The molecule has 0 bridgehead atoms. The fraction of sp³-hybridized carbons (Fsp3) is 0.182. The maximum absolute atomic E-state index is 12.0. The van der Waals surface area contributed by atoms with Gasteiger partial charge in [-0.2, -0.15) is 5.10 Å². The molecular formula is C22H20Cl2N2O2. The number of aryl methyl sites for hydroxylation is 2. The van der Waals surface area contributed by atoms with Crippen LogP contribution in [0.1, 0.15) is 27.9 Å². The molecule has 4 nitrogen and oxygen atoms in total. The van der Waals surface area contributed by atoms with Gasteiger partial charge in [-0.25, -0.2) is 9.48 Å². The van der Waals surface area contributed by atoms with Crippen LogP contribution in [-0.4, -0.2) is 15.7 Å². The molecule has 0 fully saturated rings. The van der Waals surface area contributed by atoms with Gasteiger partial charge in [0.2, 0.25) is 0 Å². The number of rotatable bonds is 6. The third-order valence-electron chi connectivity index (χ3n) is 4.20. The summed E-state index contributed by atoms with van der Waals surface area (Å²) in [6, 6.07) is 15.3. The number of nitrogens with zero attached hydrogens (tertiary/aromatic N) is 2. The second-order valence-corrected chi connectivity index (χ2v) is 7.30. The van der Waals surface area contributed by atoms with Gasteiger partial charge < -0.3 is 4.74 Å². The summed E-state index contributed by atoms with van der Waals surface area (Å²) in [5.41, 5.74) is 4.54. The van der Waals surface area contributed by atoms with Crippen LogP contribution in [0.4, 0.5) is 0 Å². The monoisotopic (exact) mass is 414 g/mol. The van der Waals surface area contributed by atoms with E-state index in [4.69, 9.17) is 27.9 Å². The molecular weight excluding hydrogens is 395 g/mol. The number of aromatic nitrogens is 2. The summed E-state index contributed by atoms with van der Waals surface area (Å²) >= 11 is 12.4. The van der Waals surface area contributed by atoms with Gasteiger partial charge in [0, 0.05) is 16.7 Å². The summed E-state index contributed by atoms with van der Waals surface area (Å²) < 4.78 is 6.98. The molecule has 0 N–H and O–H groups in total. The van der Waals surface area contributed by atoms with E-state index in [1.54, 1.807) is 10.8 Å². The molecule has 2 aromatic carbocycles. The number of ether oxygens (including phenoxy) is 1. The van der Waals surface area contributed by atoms with Crippen molar-refractivity contribution in [3.63, 3.8) is 0 Å². The summed E-state index contributed by atoms with van der Waals surface area (Å²) in [5.74, 6) is -0.428. The Bertz CT molecular complexity index is 1010. The van der Waals surface area contributed by atoms with E-state index < -0.39 is 5.97 Å². The van der Waals surface area contributed by atoms with E-state index >= 15 is 0 Å². The molecule has 0 saturated heterocycles. The first-order valence-corrected chi connectivity index (χ1v) is 9.55. The maximum Gasteiger partial charge on any atom is 0.331 e. The molecule has 0 unspecified atom stereocenters. The van der Waals surface area contributed by atoms with Crippen LogP contribution in [0.3, 0.4) is 0 Å². The zero-order chi connectivity index (χ0) is 20.1. The minimum absolute atomic E-state index is 0.230. The van der Waals surface area contributed by atoms with Crippen LogP contribution in [0.25, 0.3) is 6.08 Å². The van der Waals surface area contributed by atoms with Gasteiger partial charge in [-0.05, 0) is 43.2 Å². The molecule has 0 aliphatic rings. The minimum atomic E-state index is -0.428. The first-order chi connectivity index (χ1) is 13.4. The Labute approximate surface area is 174 Å². The molecule has 0 atom stereocenters. The number of hydrogen-bond donors (Lipinski definition) is 0. The Hall–Kier alpha value is -2.56. The van der Waals surface area contributed by atoms with E-state index in [9.17, 15) is 4.79 Å². The van der Waals surface area contributed by atoms with Gasteiger partial charge in [-0.3, -0.25) is 0 Å². The van der Waals surface area contributed by atoms with E-state index in [0.29, 0.717) is 22.3 Å². The first-order valence-electron chi connectivity index (χ1n) is 8.80. The minimum Gasteiger partial charge on any atom is -0.458 e. The van der Waals surface area contributed by atoms with E-state index in [0.717, 1.165) is 22.4 Å². The lowest BCUT2D eigenvalue weighted by Crippen LogP contribution is -2.02. The van der Waals surface area contributed by atoms with Crippen LogP contribution in [0.5, 0.6) is 0 Å². The van der Waals surface area contributed by atoms with Crippen molar-refractivity contribution in [1.82, 2.24) is 9.78 Å². The molecule has 3 rings (SSSR count). The highest BCUT2D eigenvalue weighted by Crippen LogP contribution is 2.23. The largest absolute Gasteiger partial charge is 0.458 e. The SMILES string of the molecule is Cc1cccc(COC(=O)/C=C/c2c(C)nn(Cc3ccc(Cl)cc3)c2Cl)c1. The number of carbonyl (C=O) groups excluding carboxylic acids is 1. The van der Waals surface area contributed by atoms with Gasteiger partial charge >= 0.3 is 5.97 Å². The quantitative estimate of drug-likeness (QED) is 0.388. The third kappa shape index (κ3) is 5.24. The van der Waals surface area contributed by atoms with Gasteiger partial charge in [0.05, 0.1) is 12.2 Å². The second kappa shape index (κ2) is 9.09. The molecule has 0 saturated carbocycles. The lowest BCUT2D eigenvalue weighted by atomic mass is 10.1. The van der Waals surface area contributed by atoms with Crippen LogP contribution in [0.15, 0.2) is 54.6 Å². The predicted octanol–water partition coefficient (Wildman–Crippen LogP) is 5.61. The van der Waals surface area contributed by atoms with E-state index in [-0.39, 0.29) is 6.61 Å². The van der Waals surface area contributed by atoms with Crippen molar-refractivity contribution in [2.75, 3.05) is 0 Å². The number of carbonyl (C=O) groups is 1. The highest BCUT2D eigenvalue weighted by atomic mass is 35.5. The summed E-state index contributed by atoms with van der Waals surface area (Å²) in [7, 11) is 0. The zero-order valence-electron chi connectivity index (χ0n) is 15.7. The van der Waals surface area contributed by atoms with Gasteiger partial charge in [-0.15, -0.1) is 0 Å². The Balaban J connectivity index is 1.65. The predicted molar refractivity (Wildman–Crippen MR) is 113 cm³/mol. The van der Waals surface area contributed by atoms with Crippen LogP contribution in [0.2, 0.25) is 10.2 Å². The molecule has 0 radical (unpaired) electrons. The zero-order valence-corrected chi connectivity index (χ0v) is 17.2. The van der Waals surface area contributed by atoms with Crippen LogP contribution in [0, 0.1) is 13.8 Å². The lowest BCUT2D eigenvalue weighted by molar-refractivity contribution is -0.138. The summed E-state index contributed by atoms with van der Waals surface area (Å²) in [5, 5.41) is 5.61. The molecule has 0 spiro atoms. The Kier molecular flexibility index (Phi) is 6.55. The van der Waals surface area contributed by atoms with Crippen molar-refractivity contribution in [2.45, 2.75) is 27.0 Å². The summed E-state index contributed by atoms with van der Waals surface area (Å²) in [6.45, 7) is 4.59. The lowest BCUT2D eigenvalue weighted by Gasteiger charge is -2.04. The molecule has 1 heterocycles. The van der Waals surface area contributed by atoms with Crippen molar-refractivity contribution < 1.29 is 9.53 Å². The van der Waals surface area contributed by atoms with Gasteiger partial charge in [0.15, 0.2) is 0 Å². The molecule has 0 aliphatic carbocycles. The number of esters is 1. The van der Waals surface area contributed by atoms with Crippen molar-refractivity contribution in [1.29, 1.82) is 0 Å². The Morgan fingerprint density at radius 3 is 2.57 bits per heavy atom. The molecule has 0 aliphatic heterocycles. The Morgan fingerprint density at radius 2 is 1.86 bits per heavy atom. The second-order valence-electron chi connectivity index (χ2n) is 6.50. The molecule has 6 heteroatoms.